The molecule has 1 saturated heterocycles. The number of aromatic nitrogens is 1. The molecule has 1 fully saturated rings. The van der Waals surface area contributed by atoms with Gasteiger partial charge in [0.1, 0.15) is 5.75 Å². The summed E-state index contributed by atoms with van der Waals surface area (Å²) in [6, 6.07) is 13.0. The number of nitrogens with one attached hydrogen (secondary N) is 1. The number of hydrogen-bond donors (Lipinski definition) is 1. The van der Waals surface area contributed by atoms with Crippen molar-refractivity contribution in [3.05, 3.63) is 53.7 Å². The second-order valence-electron chi connectivity index (χ2n) is 8.22. The largest absolute Gasteiger partial charge is 0.497 e. The van der Waals surface area contributed by atoms with Gasteiger partial charge in [0.05, 0.1) is 23.3 Å². The van der Waals surface area contributed by atoms with E-state index in [2.05, 4.69) is 15.4 Å². The molecular weight excluding hydrogens is 456 g/mol. The number of piperazine rings is 1. The third-order valence-electron chi connectivity index (χ3n) is 5.92. The molecule has 0 atom stereocenters. The van der Waals surface area contributed by atoms with E-state index in [9.17, 15) is 13.2 Å². The van der Waals surface area contributed by atoms with Crippen molar-refractivity contribution in [3.63, 3.8) is 0 Å². The number of methoxy groups -OCH3 is 1. The maximum absolute atomic E-state index is 13.6. The molecule has 1 aliphatic heterocycles. The van der Waals surface area contributed by atoms with E-state index in [1.54, 1.807) is 39.2 Å². The fourth-order valence-electron chi connectivity index (χ4n) is 4.11. The van der Waals surface area contributed by atoms with Crippen LogP contribution in [0.4, 0.5) is 11.6 Å². The highest BCUT2D eigenvalue weighted by atomic mass is 32.2. The van der Waals surface area contributed by atoms with Gasteiger partial charge in [-0.3, -0.25) is 10.1 Å². The van der Waals surface area contributed by atoms with E-state index in [-0.39, 0.29) is 16.7 Å². The van der Waals surface area contributed by atoms with E-state index in [4.69, 9.17) is 9.26 Å². The summed E-state index contributed by atoms with van der Waals surface area (Å²) in [5.74, 6) is 0.683. The fraction of sp³-hybridized carbons (Fsp3) is 0.333. The molecule has 3 aromatic rings. The molecule has 2 aromatic carbocycles. The molecular formula is C24H28N4O5S. The molecule has 34 heavy (non-hydrogen) atoms. The lowest BCUT2D eigenvalue weighted by Gasteiger charge is -2.35. The van der Waals surface area contributed by atoms with Gasteiger partial charge in [0.15, 0.2) is 0 Å². The minimum Gasteiger partial charge on any atom is -0.497 e. The van der Waals surface area contributed by atoms with Crippen LogP contribution in [0.3, 0.4) is 0 Å². The minimum atomic E-state index is -3.72. The molecule has 1 aromatic heterocycles. The first-order chi connectivity index (χ1) is 16.2. The van der Waals surface area contributed by atoms with Crippen molar-refractivity contribution >= 4 is 27.5 Å². The van der Waals surface area contributed by atoms with Crippen molar-refractivity contribution in [2.45, 2.75) is 25.7 Å². The van der Waals surface area contributed by atoms with Gasteiger partial charge in [0.25, 0.3) is 0 Å². The Kier molecular flexibility index (Phi) is 6.63. The van der Waals surface area contributed by atoms with Gasteiger partial charge < -0.3 is 14.2 Å². The van der Waals surface area contributed by atoms with E-state index in [0.29, 0.717) is 48.6 Å². The Morgan fingerprint density at radius 3 is 2.35 bits per heavy atom. The first kappa shape index (κ1) is 23.8. The lowest BCUT2D eigenvalue weighted by Crippen LogP contribution is -2.48. The van der Waals surface area contributed by atoms with E-state index in [1.165, 1.54) is 11.2 Å². The van der Waals surface area contributed by atoms with E-state index in [0.717, 1.165) is 11.4 Å². The van der Waals surface area contributed by atoms with Crippen molar-refractivity contribution in [1.29, 1.82) is 0 Å². The number of nitrogens with zero attached hydrogens (tertiary/aromatic N) is 3. The summed E-state index contributed by atoms with van der Waals surface area (Å²) >= 11 is 0. The zero-order valence-electron chi connectivity index (χ0n) is 19.7. The van der Waals surface area contributed by atoms with Crippen molar-refractivity contribution in [2.24, 2.45) is 0 Å². The van der Waals surface area contributed by atoms with Crippen LogP contribution >= 0.6 is 0 Å². The Balaban J connectivity index is 1.57. The monoisotopic (exact) mass is 484 g/mol. The van der Waals surface area contributed by atoms with Gasteiger partial charge in [-0.1, -0.05) is 17.3 Å². The van der Waals surface area contributed by atoms with Gasteiger partial charge >= 0.3 is 0 Å². The second-order valence-corrected chi connectivity index (χ2v) is 10.1. The van der Waals surface area contributed by atoms with Crippen molar-refractivity contribution in [2.75, 3.05) is 43.5 Å². The van der Waals surface area contributed by atoms with Crippen LogP contribution in [0, 0.1) is 13.8 Å². The first-order valence-corrected chi connectivity index (χ1v) is 12.4. The van der Waals surface area contributed by atoms with Crippen LogP contribution in [-0.4, -0.2) is 57.1 Å². The topological polar surface area (TPSA) is 105 Å². The van der Waals surface area contributed by atoms with Crippen LogP contribution in [0.1, 0.15) is 18.2 Å². The molecule has 180 valence electrons. The lowest BCUT2D eigenvalue weighted by atomic mass is 10.0. The maximum atomic E-state index is 13.6. The molecule has 4 rings (SSSR count). The van der Waals surface area contributed by atoms with E-state index < -0.39 is 10.0 Å². The molecule has 9 nitrogen and oxygen atoms in total. The highest BCUT2D eigenvalue weighted by molar-refractivity contribution is 7.89. The number of ether oxygens (including phenoxy) is 1. The molecule has 2 heterocycles. The molecule has 0 saturated carbocycles. The van der Waals surface area contributed by atoms with Crippen LogP contribution in [0.5, 0.6) is 5.75 Å². The molecule has 10 heteroatoms. The Morgan fingerprint density at radius 1 is 1.06 bits per heavy atom. The van der Waals surface area contributed by atoms with Crippen LogP contribution in [-0.2, 0) is 14.8 Å². The first-order valence-electron chi connectivity index (χ1n) is 10.9. The van der Waals surface area contributed by atoms with Crippen LogP contribution in [0.25, 0.3) is 11.1 Å². The summed E-state index contributed by atoms with van der Waals surface area (Å²) in [7, 11) is -2.10. The summed E-state index contributed by atoms with van der Waals surface area (Å²) in [5.41, 5.74) is 3.42. The molecule has 0 bridgehead atoms. The standard InChI is InChI=1S/C24H28N4O5S/c1-16-5-6-19(23-17(2)26-33-24(23)25-18(3)29)15-22(16)34(30,31)28-13-11-27(12-14-28)20-7-9-21(32-4)10-8-20/h5-10,15H,11-14H2,1-4H3,(H,25,29). The molecule has 1 N–H and O–H groups in total. The smallest absolute Gasteiger partial charge is 0.243 e. The van der Waals surface area contributed by atoms with E-state index >= 15 is 0 Å². The summed E-state index contributed by atoms with van der Waals surface area (Å²) in [6.07, 6.45) is 0. The zero-order chi connectivity index (χ0) is 24.5. The molecule has 0 radical (unpaired) electrons. The zero-order valence-corrected chi connectivity index (χ0v) is 20.5. The molecule has 0 aliphatic carbocycles. The average molecular weight is 485 g/mol. The highest BCUT2D eigenvalue weighted by Gasteiger charge is 2.30. The number of sulfonamides is 1. The summed E-state index contributed by atoms with van der Waals surface area (Å²) in [4.78, 5) is 13.9. The van der Waals surface area contributed by atoms with Gasteiger partial charge in [0, 0.05) is 38.8 Å². The number of benzene rings is 2. The highest BCUT2D eigenvalue weighted by Crippen LogP contribution is 2.34. The Bertz CT molecular complexity index is 1290. The van der Waals surface area contributed by atoms with Gasteiger partial charge in [-0.05, 0) is 55.3 Å². The number of hydrogen-bond acceptors (Lipinski definition) is 7. The van der Waals surface area contributed by atoms with Crippen molar-refractivity contribution in [3.8, 4) is 16.9 Å². The number of rotatable bonds is 6. The molecule has 1 aliphatic rings. The Morgan fingerprint density at radius 2 is 1.74 bits per heavy atom. The summed E-state index contributed by atoms with van der Waals surface area (Å²) < 4.78 is 39.2. The fourth-order valence-corrected chi connectivity index (χ4v) is 5.78. The summed E-state index contributed by atoms with van der Waals surface area (Å²) in [6.45, 7) is 6.82. The molecule has 0 unspecified atom stereocenters. The average Bonchev–Trinajstić information content (AvgIpc) is 3.18. The van der Waals surface area contributed by atoms with Crippen LogP contribution in [0.15, 0.2) is 51.9 Å². The number of carbonyl (C=O) groups excluding carboxylic acids is 1. The SMILES string of the molecule is COc1ccc(N2CCN(S(=O)(=O)c3cc(-c4c(C)noc4NC(C)=O)ccc3C)CC2)cc1. The number of carbonyl (C=O) groups is 1. The predicted octanol–water partition coefficient (Wildman–Crippen LogP) is 3.44. The second kappa shape index (κ2) is 9.47. The van der Waals surface area contributed by atoms with Gasteiger partial charge in [-0.25, -0.2) is 8.42 Å². The third kappa shape index (κ3) is 4.64. The van der Waals surface area contributed by atoms with Gasteiger partial charge in [0.2, 0.25) is 21.8 Å². The van der Waals surface area contributed by atoms with Crippen LogP contribution in [0.2, 0.25) is 0 Å². The lowest BCUT2D eigenvalue weighted by molar-refractivity contribution is -0.114. The quantitative estimate of drug-likeness (QED) is 0.571. The van der Waals surface area contributed by atoms with Gasteiger partial charge in [-0.2, -0.15) is 4.31 Å². The number of amides is 1. The Hall–Kier alpha value is -3.37. The van der Waals surface area contributed by atoms with Gasteiger partial charge in [-0.15, -0.1) is 0 Å². The number of anilines is 2. The van der Waals surface area contributed by atoms with Crippen molar-refractivity contribution < 1.29 is 22.5 Å². The summed E-state index contributed by atoms with van der Waals surface area (Å²) in [5, 5.41) is 6.55. The predicted molar refractivity (Wildman–Crippen MR) is 130 cm³/mol. The van der Waals surface area contributed by atoms with Crippen molar-refractivity contribution in [1.82, 2.24) is 9.46 Å². The normalized spacial score (nSPS) is 14.8. The molecule has 1 amide bonds. The maximum Gasteiger partial charge on any atom is 0.243 e. The van der Waals surface area contributed by atoms with E-state index in [1.807, 2.05) is 24.3 Å². The molecule has 0 spiro atoms. The Labute approximate surface area is 199 Å². The van der Waals surface area contributed by atoms with Crippen LogP contribution < -0.4 is 15.0 Å². The minimum absolute atomic E-state index is 0.199. The number of aryl methyl sites for hydroxylation is 2. The third-order valence-corrected chi connectivity index (χ3v) is 7.96.